The lowest BCUT2D eigenvalue weighted by atomic mass is 10.0. The monoisotopic (exact) mass is 306 g/mol. The standard InChI is InChI=1S/C16H22N2O4/c1-10(2)8-14(16(21)22)18-15(20)13-6-4-12(5-7-13)9-17-11(3)19/h4-7,10,14H,8-9H2,1-3H3,(H,17,19)(H,18,20)(H,21,22)/t14-/m0/s1. The summed E-state index contributed by atoms with van der Waals surface area (Å²) in [6.07, 6.45) is 0.377. The highest BCUT2D eigenvalue weighted by molar-refractivity contribution is 5.96. The van der Waals surface area contributed by atoms with Crippen LogP contribution in [-0.4, -0.2) is 28.9 Å². The predicted molar refractivity (Wildman–Crippen MR) is 82.3 cm³/mol. The Morgan fingerprint density at radius 3 is 2.18 bits per heavy atom. The van der Waals surface area contributed by atoms with Gasteiger partial charge in [-0.3, -0.25) is 9.59 Å². The average molecular weight is 306 g/mol. The smallest absolute Gasteiger partial charge is 0.326 e. The Labute approximate surface area is 129 Å². The first-order chi connectivity index (χ1) is 10.3. The fourth-order valence-electron chi connectivity index (χ4n) is 1.93. The third kappa shape index (κ3) is 5.95. The van der Waals surface area contributed by atoms with Gasteiger partial charge in [0, 0.05) is 19.0 Å². The highest BCUT2D eigenvalue weighted by atomic mass is 16.4. The third-order valence-corrected chi connectivity index (χ3v) is 3.07. The lowest BCUT2D eigenvalue weighted by Crippen LogP contribution is -2.41. The van der Waals surface area contributed by atoms with Crippen molar-refractivity contribution in [1.29, 1.82) is 0 Å². The van der Waals surface area contributed by atoms with Gasteiger partial charge < -0.3 is 15.7 Å². The number of nitrogens with one attached hydrogen (secondary N) is 2. The van der Waals surface area contributed by atoms with Crippen molar-refractivity contribution in [2.75, 3.05) is 0 Å². The molecular weight excluding hydrogens is 284 g/mol. The van der Waals surface area contributed by atoms with E-state index in [1.807, 2.05) is 13.8 Å². The van der Waals surface area contributed by atoms with Gasteiger partial charge in [-0.05, 0) is 30.0 Å². The van der Waals surface area contributed by atoms with Crippen LogP contribution in [-0.2, 0) is 16.1 Å². The molecule has 1 aromatic rings. The molecule has 0 aromatic heterocycles. The maximum absolute atomic E-state index is 12.1. The lowest BCUT2D eigenvalue weighted by molar-refractivity contribution is -0.139. The number of aliphatic carboxylic acids is 1. The minimum atomic E-state index is -1.04. The quantitative estimate of drug-likeness (QED) is 0.712. The molecule has 0 radical (unpaired) electrons. The summed E-state index contributed by atoms with van der Waals surface area (Å²) in [5.41, 5.74) is 1.25. The molecule has 6 heteroatoms. The van der Waals surface area contributed by atoms with E-state index in [1.54, 1.807) is 24.3 Å². The van der Waals surface area contributed by atoms with Crippen LogP contribution in [0.25, 0.3) is 0 Å². The summed E-state index contributed by atoms with van der Waals surface area (Å²) in [5.74, 6) is -1.41. The number of carboxylic acid groups (broad SMARTS) is 1. The first kappa shape index (κ1) is 17.7. The SMILES string of the molecule is CC(=O)NCc1ccc(C(=O)N[C@@H](CC(C)C)C(=O)O)cc1. The van der Waals surface area contributed by atoms with Crippen molar-refractivity contribution in [2.24, 2.45) is 5.92 Å². The molecular formula is C16H22N2O4. The molecule has 0 saturated carbocycles. The van der Waals surface area contributed by atoms with Crippen molar-refractivity contribution in [3.63, 3.8) is 0 Å². The summed E-state index contributed by atoms with van der Waals surface area (Å²) in [5, 5.41) is 14.3. The number of carboxylic acids is 1. The molecule has 0 unspecified atom stereocenters. The van der Waals surface area contributed by atoms with Gasteiger partial charge in [0.15, 0.2) is 0 Å². The fourth-order valence-corrected chi connectivity index (χ4v) is 1.93. The van der Waals surface area contributed by atoms with Crippen LogP contribution in [0.3, 0.4) is 0 Å². The maximum atomic E-state index is 12.1. The molecule has 0 aliphatic carbocycles. The molecule has 3 N–H and O–H groups in total. The van der Waals surface area contributed by atoms with E-state index >= 15 is 0 Å². The Bertz CT molecular complexity index is 538. The molecule has 0 bridgehead atoms. The van der Waals surface area contributed by atoms with Crippen LogP contribution in [0.15, 0.2) is 24.3 Å². The second-order valence-electron chi connectivity index (χ2n) is 5.60. The van der Waals surface area contributed by atoms with Crippen LogP contribution >= 0.6 is 0 Å². The van der Waals surface area contributed by atoms with E-state index in [4.69, 9.17) is 5.11 Å². The zero-order chi connectivity index (χ0) is 16.7. The molecule has 0 fully saturated rings. The molecule has 0 saturated heterocycles. The first-order valence-corrected chi connectivity index (χ1v) is 7.16. The molecule has 0 aliphatic rings. The van der Waals surface area contributed by atoms with Crippen molar-refractivity contribution in [3.8, 4) is 0 Å². The van der Waals surface area contributed by atoms with E-state index in [9.17, 15) is 14.4 Å². The van der Waals surface area contributed by atoms with E-state index in [0.29, 0.717) is 18.5 Å². The van der Waals surface area contributed by atoms with Gasteiger partial charge >= 0.3 is 5.97 Å². The molecule has 0 heterocycles. The third-order valence-electron chi connectivity index (χ3n) is 3.07. The topological polar surface area (TPSA) is 95.5 Å². The number of rotatable bonds is 7. The molecule has 1 aromatic carbocycles. The molecule has 1 atom stereocenters. The zero-order valence-electron chi connectivity index (χ0n) is 13.1. The summed E-state index contributed by atoms with van der Waals surface area (Å²) in [6.45, 7) is 5.63. The van der Waals surface area contributed by atoms with Gasteiger partial charge in [0.1, 0.15) is 6.04 Å². The Kier molecular flexibility index (Phi) is 6.56. The summed E-state index contributed by atoms with van der Waals surface area (Å²) in [7, 11) is 0. The molecule has 0 spiro atoms. The van der Waals surface area contributed by atoms with E-state index in [-0.39, 0.29) is 11.8 Å². The minimum absolute atomic E-state index is 0.125. The number of hydrogen-bond acceptors (Lipinski definition) is 3. The van der Waals surface area contributed by atoms with Crippen LogP contribution in [0.1, 0.15) is 43.1 Å². The largest absolute Gasteiger partial charge is 0.480 e. The summed E-state index contributed by atoms with van der Waals surface area (Å²) >= 11 is 0. The molecule has 22 heavy (non-hydrogen) atoms. The van der Waals surface area contributed by atoms with Crippen LogP contribution in [0.2, 0.25) is 0 Å². The highest BCUT2D eigenvalue weighted by Crippen LogP contribution is 2.08. The van der Waals surface area contributed by atoms with E-state index in [1.165, 1.54) is 6.92 Å². The van der Waals surface area contributed by atoms with Crippen molar-refractivity contribution in [1.82, 2.24) is 10.6 Å². The fraction of sp³-hybridized carbons (Fsp3) is 0.438. The Hall–Kier alpha value is -2.37. The summed E-state index contributed by atoms with van der Waals surface area (Å²) in [4.78, 5) is 34.1. The predicted octanol–water partition coefficient (Wildman–Crippen LogP) is 1.55. The van der Waals surface area contributed by atoms with Crippen LogP contribution in [0.4, 0.5) is 0 Å². The summed E-state index contributed by atoms with van der Waals surface area (Å²) in [6, 6.07) is 5.78. The number of amides is 2. The molecule has 1 rings (SSSR count). The van der Waals surface area contributed by atoms with Gasteiger partial charge in [0.25, 0.3) is 5.91 Å². The Balaban J connectivity index is 2.68. The molecule has 120 valence electrons. The average Bonchev–Trinajstić information content (AvgIpc) is 2.44. The zero-order valence-corrected chi connectivity index (χ0v) is 13.1. The van der Waals surface area contributed by atoms with Crippen molar-refractivity contribution in [3.05, 3.63) is 35.4 Å². The number of carbonyl (C=O) groups is 3. The van der Waals surface area contributed by atoms with Crippen molar-refractivity contribution >= 4 is 17.8 Å². The van der Waals surface area contributed by atoms with Gasteiger partial charge in [0.2, 0.25) is 5.91 Å². The Morgan fingerprint density at radius 1 is 1.14 bits per heavy atom. The first-order valence-electron chi connectivity index (χ1n) is 7.16. The van der Waals surface area contributed by atoms with Gasteiger partial charge in [-0.15, -0.1) is 0 Å². The highest BCUT2D eigenvalue weighted by Gasteiger charge is 2.21. The molecule has 0 aliphatic heterocycles. The van der Waals surface area contributed by atoms with E-state index in [2.05, 4.69) is 10.6 Å². The molecule has 6 nitrogen and oxygen atoms in total. The maximum Gasteiger partial charge on any atom is 0.326 e. The van der Waals surface area contributed by atoms with E-state index in [0.717, 1.165) is 5.56 Å². The van der Waals surface area contributed by atoms with Crippen LogP contribution < -0.4 is 10.6 Å². The number of hydrogen-bond donors (Lipinski definition) is 3. The van der Waals surface area contributed by atoms with Gasteiger partial charge in [-0.1, -0.05) is 26.0 Å². The second kappa shape index (κ2) is 8.17. The van der Waals surface area contributed by atoms with Crippen LogP contribution in [0.5, 0.6) is 0 Å². The van der Waals surface area contributed by atoms with Crippen LogP contribution in [0, 0.1) is 5.92 Å². The van der Waals surface area contributed by atoms with Gasteiger partial charge in [-0.2, -0.15) is 0 Å². The normalized spacial score (nSPS) is 11.8. The van der Waals surface area contributed by atoms with E-state index < -0.39 is 17.9 Å². The molecule has 2 amide bonds. The number of benzene rings is 1. The second-order valence-corrected chi connectivity index (χ2v) is 5.60. The van der Waals surface area contributed by atoms with Crippen molar-refractivity contribution < 1.29 is 19.5 Å². The summed E-state index contributed by atoms with van der Waals surface area (Å²) < 4.78 is 0. The van der Waals surface area contributed by atoms with Gasteiger partial charge in [-0.25, -0.2) is 4.79 Å². The lowest BCUT2D eigenvalue weighted by Gasteiger charge is -2.16. The minimum Gasteiger partial charge on any atom is -0.480 e. The Morgan fingerprint density at radius 2 is 1.73 bits per heavy atom. The number of carbonyl (C=O) groups excluding carboxylic acids is 2. The van der Waals surface area contributed by atoms with Crippen molar-refractivity contribution in [2.45, 2.75) is 39.8 Å². The van der Waals surface area contributed by atoms with Gasteiger partial charge in [0.05, 0.1) is 0 Å².